The SMILES string of the molecule is CCCC(C)Cn1nnnc1C(=O)OCC. The molecule has 6 nitrogen and oxygen atoms in total. The second kappa shape index (κ2) is 6.19. The first-order valence-electron chi connectivity index (χ1n) is 5.62. The highest BCUT2D eigenvalue weighted by molar-refractivity contribution is 5.85. The predicted octanol–water partition coefficient (Wildman–Crippen LogP) is 1.29. The lowest BCUT2D eigenvalue weighted by Crippen LogP contribution is -2.17. The molecule has 0 spiro atoms. The van der Waals surface area contributed by atoms with Crippen LogP contribution in [0.25, 0.3) is 0 Å². The first-order chi connectivity index (χ1) is 7.69. The summed E-state index contributed by atoms with van der Waals surface area (Å²) in [6, 6.07) is 0. The monoisotopic (exact) mass is 226 g/mol. The van der Waals surface area contributed by atoms with E-state index in [0.29, 0.717) is 19.1 Å². The summed E-state index contributed by atoms with van der Waals surface area (Å²) in [4.78, 5) is 11.5. The number of carbonyl (C=O) groups excluding carboxylic acids is 1. The van der Waals surface area contributed by atoms with Crippen LogP contribution >= 0.6 is 0 Å². The van der Waals surface area contributed by atoms with E-state index in [4.69, 9.17) is 4.74 Å². The summed E-state index contributed by atoms with van der Waals surface area (Å²) in [7, 11) is 0. The fourth-order valence-electron chi connectivity index (χ4n) is 1.55. The fourth-order valence-corrected chi connectivity index (χ4v) is 1.55. The van der Waals surface area contributed by atoms with Crippen molar-refractivity contribution in [3.05, 3.63) is 5.82 Å². The van der Waals surface area contributed by atoms with Crippen molar-refractivity contribution in [1.29, 1.82) is 0 Å². The number of hydrogen-bond acceptors (Lipinski definition) is 5. The highest BCUT2D eigenvalue weighted by atomic mass is 16.5. The van der Waals surface area contributed by atoms with Crippen molar-refractivity contribution in [3.8, 4) is 0 Å². The number of ether oxygens (including phenoxy) is 1. The van der Waals surface area contributed by atoms with Gasteiger partial charge in [-0.1, -0.05) is 20.3 Å². The Balaban J connectivity index is 2.66. The number of nitrogens with zero attached hydrogens (tertiary/aromatic N) is 4. The third-order valence-electron chi connectivity index (χ3n) is 2.26. The summed E-state index contributed by atoms with van der Waals surface area (Å²) in [6.45, 7) is 6.97. The summed E-state index contributed by atoms with van der Waals surface area (Å²) >= 11 is 0. The molecule has 0 amide bonds. The van der Waals surface area contributed by atoms with Gasteiger partial charge in [-0.3, -0.25) is 0 Å². The molecule has 16 heavy (non-hydrogen) atoms. The first-order valence-corrected chi connectivity index (χ1v) is 5.62. The van der Waals surface area contributed by atoms with E-state index in [-0.39, 0.29) is 5.82 Å². The Morgan fingerprint density at radius 1 is 1.50 bits per heavy atom. The molecular formula is C10H18N4O2. The minimum Gasteiger partial charge on any atom is -0.460 e. The number of carbonyl (C=O) groups is 1. The molecule has 0 radical (unpaired) electrons. The maximum Gasteiger partial charge on any atom is 0.378 e. The van der Waals surface area contributed by atoms with Gasteiger partial charge in [0.1, 0.15) is 0 Å². The van der Waals surface area contributed by atoms with Gasteiger partial charge in [0, 0.05) is 6.54 Å². The summed E-state index contributed by atoms with van der Waals surface area (Å²) in [5.74, 6) is 0.169. The van der Waals surface area contributed by atoms with Gasteiger partial charge in [-0.05, 0) is 29.7 Å². The number of hydrogen-bond donors (Lipinski definition) is 0. The van der Waals surface area contributed by atoms with Crippen molar-refractivity contribution >= 4 is 5.97 Å². The van der Waals surface area contributed by atoms with Crippen molar-refractivity contribution < 1.29 is 9.53 Å². The Hall–Kier alpha value is -1.46. The van der Waals surface area contributed by atoms with Crippen molar-refractivity contribution in [2.24, 2.45) is 5.92 Å². The zero-order valence-electron chi connectivity index (χ0n) is 10.0. The van der Waals surface area contributed by atoms with Gasteiger partial charge in [-0.25, -0.2) is 9.48 Å². The lowest BCUT2D eigenvalue weighted by atomic mass is 10.1. The average molecular weight is 226 g/mol. The van der Waals surface area contributed by atoms with Gasteiger partial charge in [-0.15, -0.1) is 5.10 Å². The quantitative estimate of drug-likeness (QED) is 0.683. The summed E-state index contributed by atoms with van der Waals surface area (Å²) in [5.41, 5.74) is 0. The second-order valence-corrected chi connectivity index (χ2v) is 3.80. The van der Waals surface area contributed by atoms with Gasteiger partial charge in [0.15, 0.2) is 0 Å². The minimum absolute atomic E-state index is 0.185. The van der Waals surface area contributed by atoms with Crippen LogP contribution in [0.2, 0.25) is 0 Å². The number of esters is 1. The molecule has 6 heteroatoms. The van der Waals surface area contributed by atoms with Crippen molar-refractivity contribution in [3.63, 3.8) is 0 Å². The van der Waals surface area contributed by atoms with Gasteiger partial charge in [0.25, 0.3) is 5.82 Å². The van der Waals surface area contributed by atoms with Gasteiger partial charge < -0.3 is 4.74 Å². The molecule has 0 aliphatic rings. The Bertz CT molecular complexity index is 337. The fraction of sp³-hybridized carbons (Fsp3) is 0.800. The van der Waals surface area contributed by atoms with Gasteiger partial charge in [-0.2, -0.15) is 0 Å². The zero-order chi connectivity index (χ0) is 12.0. The Morgan fingerprint density at radius 2 is 2.25 bits per heavy atom. The number of aromatic nitrogens is 4. The molecule has 1 unspecified atom stereocenters. The molecule has 0 aliphatic heterocycles. The van der Waals surface area contributed by atoms with E-state index >= 15 is 0 Å². The van der Waals surface area contributed by atoms with Crippen LogP contribution in [0.15, 0.2) is 0 Å². The molecule has 0 saturated heterocycles. The number of rotatable bonds is 6. The molecule has 0 saturated carbocycles. The summed E-state index contributed by atoms with van der Waals surface area (Å²) in [5, 5.41) is 11.0. The Labute approximate surface area is 95.0 Å². The topological polar surface area (TPSA) is 69.9 Å². The molecule has 1 aromatic heterocycles. The molecule has 90 valence electrons. The van der Waals surface area contributed by atoms with Crippen LogP contribution in [0.1, 0.15) is 44.2 Å². The molecular weight excluding hydrogens is 208 g/mol. The van der Waals surface area contributed by atoms with E-state index in [9.17, 15) is 4.79 Å². The first kappa shape index (κ1) is 12.6. The number of tetrazole rings is 1. The third-order valence-corrected chi connectivity index (χ3v) is 2.26. The minimum atomic E-state index is -0.462. The lowest BCUT2D eigenvalue weighted by Gasteiger charge is -2.10. The third kappa shape index (κ3) is 3.29. The molecule has 1 rings (SSSR count). The molecule has 0 aliphatic carbocycles. The van der Waals surface area contributed by atoms with Crippen LogP contribution in [0.4, 0.5) is 0 Å². The van der Waals surface area contributed by atoms with E-state index in [2.05, 4.69) is 29.4 Å². The van der Waals surface area contributed by atoms with E-state index < -0.39 is 5.97 Å². The maximum absolute atomic E-state index is 11.5. The zero-order valence-corrected chi connectivity index (χ0v) is 10.0. The summed E-state index contributed by atoms with van der Waals surface area (Å²) < 4.78 is 6.38. The Morgan fingerprint density at radius 3 is 2.88 bits per heavy atom. The smallest absolute Gasteiger partial charge is 0.378 e. The molecule has 1 atom stereocenters. The summed E-state index contributed by atoms with van der Waals surface area (Å²) in [6.07, 6.45) is 2.19. The van der Waals surface area contributed by atoms with Crippen LogP contribution in [-0.2, 0) is 11.3 Å². The van der Waals surface area contributed by atoms with E-state index in [1.54, 1.807) is 6.92 Å². The highest BCUT2D eigenvalue weighted by Gasteiger charge is 2.17. The lowest BCUT2D eigenvalue weighted by molar-refractivity contribution is 0.0503. The van der Waals surface area contributed by atoms with Gasteiger partial charge in [0.2, 0.25) is 0 Å². The normalized spacial score (nSPS) is 12.4. The highest BCUT2D eigenvalue weighted by Crippen LogP contribution is 2.08. The molecule has 0 aromatic carbocycles. The van der Waals surface area contributed by atoms with Crippen LogP contribution in [0, 0.1) is 5.92 Å². The average Bonchev–Trinajstić information content (AvgIpc) is 2.66. The Kier molecular flexibility index (Phi) is 4.88. The van der Waals surface area contributed by atoms with Gasteiger partial charge >= 0.3 is 5.97 Å². The molecule has 1 aromatic rings. The second-order valence-electron chi connectivity index (χ2n) is 3.80. The maximum atomic E-state index is 11.5. The molecule has 1 heterocycles. The molecule has 0 bridgehead atoms. The van der Waals surface area contributed by atoms with Crippen molar-refractivity contribution in [2.45, 2.75) is 40.2 Å². The largest absolute Gasteiger partial charge is 0.460 e. The van der Waals surface area contributed by atoms with E-state index in [0.717, 1.165) is 12.8 Å². The van der Waals surface area contributed by atoms with Crippen molar-refractivity contribution in [1.82, 2.24) is 20.2 Å². The van der Waals surface area contributed by atoms with Crippen LogP contribution in [0.3, 0.4) is 0 Å². The predicted molar refractivity (Wildman–Crippen MR) is 57.8 cm³/mol. The van der Waals surface area contributed by atoms with Crippen LogP contribution in [0.5, 0.6) is 0 Å². The molecule has 0 N–H and O–H groups in total. The molecule has 0 fully saturated rings. The van der Waals surface area contributed by atoms with E-state index in [1.165, 1.54) is 4.68 Å². The van der Waals surface area contributed by atoms with E-state index in [1.807, 2.05) is 0 Å². The van der Waals surface area contributed by atoms with Crippen LogP contribution < -0.4 is 0 Å². The van der Waals surface area contributed by atoms with Crippen molar-refractivity contribution in [2.75, 3.05) is 6.61 Å². The standard InChI is InChI=1S/C10H18N4O2/c1-4-6-8(3)7-14-9(11-12-13-14)10(15)16-5-2/h8H,4-7H2,1-3H3. The van der Waals surface area contributed by atoms with Gasteiger partial charge in [0.05, 0.1) is 6.61 Å². The van der Waals surface area contributed by atoms with Crippen LogP contribution in [-0.4, -0.2) is 32.8 Å².